The van der Waals surface area contributed by atoms with Crippen LogP contribution in [0.25, 0.3) is 0 Å². The van der Waals surface area contributed by atoms with Crippen molar-refractivity contribution in [3.63, 3.8) is 0 Å². The zero-order chi connectivity index (χ0) is 14.6. The van der Waals surface area contributed by atoms with Gasteiger partial charge in [-0.3, -0.25) is 4.72 Å². The number of hydrogen-bond donors (Lipinski definition) is 2. The fraction of sp³-hybridized carbons (Fsp3) is 0.167. The van der Waals surface area contributed by atoms with E-state index in [2.05, 4.69) is 20.0 Å². The minimum atomic E-state index is -3.72. The number of nitrogens with one attached hydrogen (secondary N) is 2. The number of hydrogen-bond acceptors (Lipinski definition) is 5. The molecule has 0 saturated carbocycles. The van der Waals surface area contributed by atoms with Crippen LogP contribution >= 0.6 is 11.6 Å². The van der Waals surface area contributed by atoms with E-state index in [0.717, 1.165) is 0 Å². The lowest BCUT2D eigenvalue weighted by Gasteiger charge is -2.08. The predicted octanol–water partition coefficient (Wildman–Crippen LogP) is 2.36. The van der Waals surface area contributed by atoms with Gasteiger partial charge >= 0.3 is 0 Å². The molecular formula is C12H13ClN4O2S. The van der Waals surface area contributed by atoms with Crippen LogP contribution in [0.3, 0.4) is 0 Å². The summed E-state index contributed by atoms with van der Waals surface area (Å²) in [6.07, 6.45) is 2.50. The normalized spacial score (nSPS) is 11.1. The van der Waals surface area contributed by atoms with E-state index in [1.54, 1.807) is 18.2 Å². The fourth-order valence-electron chi connectivity index (χ4n) is 1.47. The second kappa shape index (κ2) is 6.06. The molecule has 0 spiro atoms. The van der Waals surface area contributed by atoms with E-state index in [-0.39, 0.29) is 4.90 Å². The van der Waals surface area contributed by atoms with Crippen LogP contribution in [0.4, 0.5) is 11.6 Å². The summed E-state index contributed by atoms with van der Waals surface area (Å²) in [6, 6.07) is 6.45. The van der Waals surface area contributed by atoms with E-state index < -0.39 is 10.0 Å². The highest BCUT2D eigenvalue weighted by Gasteiger charge is 2.15. The van der Waals surface area contributed by atoms with Crippen molar-refractivity contribution in [3.8, 4) is 0 Å². The van der Waals surface area contributed by atoms with E-state index in [1.807, 2.05) is 6.92 Å². The average Bonchev–Trinajstić information content (AvgIpc) is 2.39. The van der Waals surface area contributed by atoms with Gasteiger partial charge < -0.3 is 5.32 Å². The van der Waals surface area contributed by atoms with Crippen molar-refractivity contribution in [2.75, 3.05) is 16.6 Å². The van der Waals surface area contributed by atoms with Crippen molar-refractivity contribution in [1.29, 1.82) is 0 Å². The van der Waals surface area contributed by atoms with Gasteiger partial charge in [0.05, 0.1) is 18.1 Å². The van der Waals surface area contributed by atoms with Crippen molar-refractivity contribution in [2.24, 2.45) is 0 Å². The Hall–Kier alpha value is -1.86. The molecule has 6 nitrogen and oxygen atoms in total. The lowest BCUT2D eigenvalue weighted by molar-refractivity contribution is 0.600. The van der Waals surface area contributed by atoms with E-state index in [0.29, 0.717) is 23.2 Å². The molecule has 0 amide bonds. The molecule has 106 valence electrons. The molecule has 1 aromatic heterocycles. The molecule has 20 heavy (non-hydrogen) atoms. The molecule has 0 aliphatic carbocycles. The lowest BCUT2D eigenvalue weighted by atomic mass is 10.3. The summed E-state index contributed by atoms with van der Waals surface area (Å²) in [7, 11) is -3.72. The molecule has 1 aromatic carbocycles. The Balaban J connectivity index is 2.21. The third-order valence-electron chi connectivity index (χ3n) is 2.35. The largest absolute Gasteiger partial charge is 0.355 e. The van der Waals surface area contributed by atoms with Crippen molar-refractivity contribution in [3.05, 3.63) is 41.7 Å². The smallest absolute Gasteiger partial charge is 0.264 e. The maximum atomic E-state index is 12.1. The fourth-order valence-corrected chi connectivity index (χ4v) is 2.60. The third-order valence-corrected chi connectivity index (χ3v) is 3.92. The lowest BCUT2D eigenvalue weighted by Crippen LogP contribution is -2.14. The van der Waals surface area contributed by atoms with Gasteiger partial charge in [-0.25, -0.2) is 18.4 Å². The van der Waals surface area contributed by atoms with Crippen LogP contribution in [-0.4, -0.2) is 24.9 Å². The van der Waals surface area contributed by atoms with Crippen LogP contribution in [0.15, 0.2) is 41.6 Å². The van der Waals surface area contributed by atoms with Crippen molar-refractivity contribution in [2.45, 2.75) is 11.8 Å². The first-order chi connectivity index (χ1) is 9.51. The summed E-state index contributed by atoms with van der Waals surface area (Å²) in [6.45, 7) is 2.56. The maximum absolute atomic E-state index is 12.1. The quantitative estimate of drug-likeness (QED) is 0.885. The summed E-state index contributed by atoms with van der Waals surface area (Å²) in [5, 5.41) is 3.34. The highest BCUT2D eigenvalue weighted by atomic mass is 35.5. The van der Waals surface area contributed by atoms with Crippen molar-refractivity contribution >= 4 is 33.3 Å². The number of halogens is 1. The Morgan fingerprint density at radius 2 is 1.95 bits per heavy atom. The molecule has 8 heteroatoms. The van der Waals surface area contributed by atoms with Crippen LogP contribution in [0, 0.1) is 0 Å². The highest BCUT2D eigenvalue weighted by molar-refractivity contribution is 7.92. The number of rotatable bonds is 5. The van der Waals surface area contributed by atoms with Crippen LogP contribution < -0.4 is 10.0 Å². The standard InChI is InChI=1S/C12H13ClN4O2S/c1-2-14-12-15-7-11(8-16-12)20(18,19)17-10-5-3-4-9(13)6-10/h3-8,17H,2H2,1H3,(H,14,15,16). The number of sulfonamides is 1. The van der Waals surface area contributed by atoms with Gasteiger partial charge in [0, 0.05) is 11.6 Å². The van der Waals surface area contributed by atoms with Crippen LogP contribution in [-0.2, 0) is 10.0 Å². The van der Waals surface area contributed by atoms with Crippen LogP contribution in [0.2, 0.25) is 5.02 Å². The Kier molecular flexibility index (Phi) is 4.41. The molecular weight excluding hydrogens is 300 g/mol. The zero-order valence-corrected chi connectivity index (χ0v) is 12.2. The summed E-state index contributed by atoms with van der Waals surface area (Å²) >= 11 is 5.81. The van der Waals surface area contributed by atoms with Gasteiger partial charge in [0.25, 0.3) is 10.0 Å². The van der Waals surface area contributed by atoms with E-state index in [1.165, 1.54) is 18.5 Å². The maximum Gasteiger partial charge on any atom is 0.264 e. The molecule has 2 rings (SSSR count). The molecule has 1 heterocycles. The van der Waals surface area contributed by atoms with Gasteiger partial charge in [-0.15, -0.1) is 0 Å². The molecule has 0 saturated heterocycles. The van der Waals surface area contributed by atoms with Crippen molar-refractivity contribution in [1.82, 2.24) is 9.97 Å². The first-order valence-electron chi connectivity index (χ1n) is 5.85. The second-order valence-electron chi connectivity index (χ2n) is 3.89. The number of nitrogens with zero attached hydrogens (tertiary/aromatic N) is 2. The summed E-state index contributed by atoms with van der Waals surface area (Å²) in [4.78, 5) is 7.84. The Morgan fingerprint density at radius 1 is 1.25 bits per heavy atom. The Labute approximate surface area is 122 Å². The monoisotopic (exact) mass is 312 g/mol. The highest BCUT2D eigenvalue weighted by Crippen LogP contribution is 2.18. The molecule has 0 atom stereocenters. The summed E-state index contributed by atoms with van der Waals surface area (Å²) in [5.74, 6) is 0.384. The average molecular weight is 313 g/mol. The molecule has 2 N–H and O–H groups in total. The minimum absolute atomic E-state index is 0.0147. The zero-order valence-electron chi connectivity index (χ0n) is 10.7. The van der Waals surface area contributed by atoms with Crippen LogP contribution in [0.1, 0.15) is 6.92 Å². The first-order valence-corrected chi connectivity index (χ1v) is 7.71. The molecule has 0 unspecified atom stereocenters. The van der Waals surface area contributed by atoms with Gasteiger partial charge in [0.2, 0.25) is 5.95 Å². The number of anilines is 2. The molecule has 0 bridgehead atoms. The van der Waals surface area contributed by atoms with Gasteiger partial charge in [-0.2, -0.15) is 0 Å². The molecule has 0 radical (unpaired) electrons. The van der Waals surface area contributed by atoms with E-state index >= 15 is 0 Å². The minimum Gasteiger partial charge on any atom is -0.355 e. The molecule has 0 aliphatic heterocycles. The Bertz CT molecular complexity index is 689. The number of aromatic nitrogens is 2. The van der Waals surface area contributed by atoms with Gasteiger partial charge in [-0.1, -0.05) is 17.7 Å². The van der Waals surface area contributed by atoms with E-state index in [9.17, 15) is 8.42 Å². The first kappa shape index (κ1) is 14.5. The van der Waals surface area contributed by atoms with Crippen molar-refractivity contribution < 1.29 is 8.42 Å². The predicted molar refractivity (Wildman–Crippen MR) is 78.5 cm³/mol. The van der Waals surface area contributed by atoms with Gasteiger partial charge in [0.1, 0.15) is 4.90 Å². The summed E-state index contributed by atoms with van der Waals surface area (Å²) in [5.41, 5.74) is 0.383. The number of benzene rings is 1. The van der Waals surface area contributed by atoms with Gasteiger partial charge in [0.15, 0.2) is 0 Å². The topological polar surface area (TPSA) is 84.0 Å². The molecule has 0 aliphatic rings. The third kappa shape index (κ3) is 3.58. The van der Waals surface area contributed by atoms with Crippen LogP contribution in [0.5, 0.6) is 0 Å². The molecule has 2 aromatic rings. The Morgan fingerprint density at radius 3 is 2.55 bits per heavy atom. The summed E-state index contributed by atoms with van der Waals surface area (Å²) < 4.78 is 26.7. The molecule has 0 fully saturated rings. The van der Waals surface area contributed by atoms with Gasteiger partial charge in [-0.05, 0) is 25.1 Å². The second-order valence-corrected chi connectivity index (χ2v) is 6.01. The van der Waals surface area contributed by atoms with E-state index in [4.69, 9.17) is 11.6 Å². The SMILES string of the molecule is CCNc1ncc(S(=O)(=O)Nc2cccc(Cl)c2)cn1.